The van der Waals surface area contributed by atoms with E-state index < -0.39 is 12.1 Å². The van der Waals surface area contributed by atoms with Gasteiger partial charge in [-0.15, -0.1) is 11.6 Å². The van der Waals surface area contributed by atoms with Gasteiger partial charge in [0.05, 0.1) is 0 Å². The number of carboxylic acid groups (broad SMARTS) is 1. The molecule has 0 aliphatic rings. The van der Waals surface area contributed by atoms with Gasteiger partial charge >= 0.3 is 5.97 Å². The predicted octanol–water partition coefficient (Wildman–Crippen LogP) is 2.58. The van der Waals surface area contributed by atoms with Crippen molar-refractivity contribution < 1.29 is 15.0 Å². The zero-order valence-electron chi connectivity index (χ0n) is 8.49. The first-order valence-corrected chi connectivity index (χ1v) is 6.42. The van der Waals surface area contributed by atoms with E-state index in [0.29, 0.717) is 11.4 Å². The van der Waals surface area contributed by atoms with Crippen LogP contribution in [0.3, 0.4) is 0 Å². The Morgan fingerprint density at radius 2 is 2.19 bits per heavy atom. The predicted molar refractivity (Wildman–Crippen MR) is 70.8 cm³/mol. The van der Waals surface area contributed by atoms with E-state index in [2.05, 4.69) is 22.6 Å². The summed E-state index contributed by atoms with van der Waals surface area (Å²) in [6.45, 7) is 0. The molecular weight excluding hydrogens is 342 g/mol. The van der Waals surface area contributed by atoms with Crippen LogP contribution in [0.25, 0.3) is 0 Å². The molecule has 0 spiro atoms. The van der Waals surface area contributed by atoms with Gasteiger partial charge in [0.1, 0.15) is 0 Å². The average molecular weight is 355 g/mol. The van der Waals surface area contributed by atoms with E-state index >= 15 is 0 Å². The average Bonchev–Trinajstić information content (AvgIpc) is 2.26. The Balaban J connectivity index is 2.86. The van der Waals surface area contributed by atoms with E-state index in [0.717, 1.165) is 22.0 Å². The van der Waals surface area contributed by atoms with E-state index in [1.165, 1.54) is 0 Å². The lowest BCUT2D eigenvalue weighted by atomic mass is 10.0. The summed E-state index contributed by atoms with van der Waals surface area (Å²) in [5.74, 6) is -0.625. The van der Waals surface area contributed by atoms with Gasteiger partial charge < -0.3 is 10.2 Å². The van der Waals surface area contributed by atoms with Gasteiger partial charge in [-0.25, -0.2) is 4.79 Å². The normalized spacial score (nSPS) is 12.4. The van der Waals surface area contributed by atoms with Crippen LogP contribution in [-0.4, -0.2) is 22.1 Å². The molecule has 2 N–H and O–H groups in total. The Hall–Kier alpha value is -0.330. The number of aliphatic hydroxyl groups is 1. The van der Waals surface area contributed by atoms with Crippen molar-refractivity contribution in [1.82, 2.24) is 0 Å². The third-order valence-electron chi connectivity index (χ3n) is 2.21. The number of carboxylic acids is 1. The fourth-order valence-corrected chi connectivity index (χ4v) is 2.28. The molecule has 0 radical (unpaired) electrons. The molecule has 1 unspecified atom stereocenters. The van der Waals surface area contributed by atoms with Gasteiger partial charge in [-0.1, -0.05) is 12.1 Å². The van der Waals surface area contributed by atoms with Crippen LogP contribution in [0.15, 0.2) is 18.2 Å². The largest absolute Gasteiger partial charge is 0.479 e. The lowest BCUT2D eigenvalue weighted by Gasteiger charge is -2.09. The maximum absolute atomic E-state index is 10.6. The topological polar surface area (TPSA) is 57.5 Å². The first-order valence-electron chi connectivity index (χ1n) is 4.81. The van der Waals surface area contributed by atoms with Crippen LogP contribution in [0.5, 0.6) is 0 Å². The van der Waals surface area contributed by atoms with Crippen LogP contribution in [-0.2, 0) is 11.2 Å². The molecule has 0 fully saturated rings. The number of hydrogen-bond acceptors (Lipinski definition) is 2. The van der Waals surface area contributed by atoms with E-state index in [9.17, 15) is 9.90 Å². The lowest BCUT2D eigenvalue weighted by molar-refractivity contribution is -0.146. The highest BCUT2D eigenvalue weighted by molar-refractivity contribution is 14.1. The second-order valence-corrected chi connectivity index (χ2v) is 4.92. The molecule has 1 atom stereocenters. The minimum Gasteiger partial charge on any atom is -0.479 e. The minimum atomic E-state index is -1.45. The summed E-state index contributed by atoms with van der Waals surface area (Å²) < 4.78 is 0.959. The van der Waals surface area contributed by atoms with Crippen molar-refractivity contribution in [1.29, 1.82) is 0 Å². The van der Waals surface area contributed by atoms with Crippen LogP contribution in [0.1, 0.15) is 23.7 Å². The number of alkyl halides is 1. The second-order valence-electron chi connectivity index (χ2n) is 3.38. The zero-order chi connectivity index (χ0) is 12.1. The number of aliphatic hydroxyl groups excluding tert-OH is 1. The third-order valence-corrected chi connectivity index (χ3v) is 3.48. The SMILES string of the molecule is O=C(O)C(O)c1ccc(CCCCl)c(I)c1. The molecule has 3 nitrogen and oxygen atoms in total. The summed E-state index contributed by atoms with van der Waals surface area (Å²) in [4.78, 5) is 10.6. The maximum atomic E-state index is 10.6. The van der Waals surface area contributed by atoms with Crippen LogP contribution in [0, 0.1) is 3.57 Å². The molecule has 5 heteroatoms. The van der Waals surface area contributed by atoms with Gasteiger partial charge in [-0.2, -0.15) is 0 Å². The van der Waals surface area contributed by atoms with E-state index in [-0.39, 0.29) is 0 Å². The van der Waals surface area contributed by atoms with Crippen LogP contribution >= 0.6 is 34.2 Å². The Kier molecular flexibility index (Phi) is 5.51. The van der Waals surface area contributed by atoms with Gasteiger partial charge in [-0.3, -0.25) is 0 Å². The quantitative estimate of drug-likeness (QED) is 0.631. The fourth-order valence-electron chi connectivity index (χ4n) is 1.34. The van der Waals surface area contributed by atoms with Crippen LogP contribution < -0.4 is 0 Å². The molecule has 0 saturated carbocycles. The Morgan fingerprint density at radius 3 is 2.69 bits per heavy atom. The van der Waals surface area contributed by atoms with Gasteiger partial charge in [0.2, 0.25) is 0 Å². The number of carbonyl (C=O) groups is 1. The van der Waals surface area contributed by atoms with E-state index in [1.54, 1.807) is 12.1 Å². The third kappa shape index (κ3) is 3.61. The van der Waals surface area contributed by atoms with Crippen molar-refractivity contribution in [3.63, 3.8) is 0 Å². The van der Waals surface area contributed by atoms with Gasteiger partial charge in [0, 0.05) is 9.45 Å². The number of aliphatic carboxylic acids is 1. The monoisotopic (exact) mass is 354 g/mol. The molecule has 0 aliphatic heterocycles. The van der Waals surface area contributed by atoms with Crippen molar-refractivity contribution in [2.45, 2.75) is 18.9 Å². The molecule has 0 amide bonds. The first kappa shape index (κ1) is 13.7. The van der Waals surface area contributed by atoms with Crippen LogP contribution in [0.2, 0.25) is 0 Å². The Morgan fingerprint density at radius 1 is 1.50 bits per heavy atom. The molecule has 0 bridgehead atoms. The van der Waals surface area contributed by atoms with E-state index in [1.807, 2.05) is 6.07 Å². The van der Waals surface area contributed by atoms with Gasteiger partial charge in [0.25, 0.3) is 0 Å². The van der Waals surface area contributed by atoms with Crippen molar-refractivity contribution in [2.24, 2.45) is 0 Å². The molecule has 0 saturated heterocycles. The number of halogens is 2. The summed E-state index contributed by atoms with van der Waals surface area (Å²) in [6, 6.07) is 5.18. The first-order chi connectivity index (χ1) is 7.56. The minimum absolute atomic E-state index is 0.409. The highest BCUT2D eigenvalue weighted by atomic mass is 127. The molecule has 0 aromatic heterocycles. The second kappa shape index (κ2) is 6.42. The zero-order valence-corrected chi connectivity index (χ0v) is 11.4. The molecular formula is C11H12ClIO3. The standard InChI is InChI=1S/C11H12ClIO3/c12-5-1-2-7-3-4-8(6-9(7)13)10(14)11(15)16/h3-4,6,10,14H,1-2,5H2,(H,15,16). The number of hydrogen-bond donors (Lipinski definition) is 2. The molecule has 0 aliphatic carbocycles. The number of benzene rings is 1. The summed E-state index contributed by atoms with van der Waals surface area (Å²) in [5.41, 5.74) is 1.54. The maximum Gasteiger partial charge on any atom is 0.337 e. The lowest BCUT2D eigenvalue weighted by Crippen LogP contribution is -2.10. The van der Waals surface area contributed by atoms with E-state index in [4.69, 9.17) is 16.7 Å². The fraction of sp³-hybridized carbons (Fsp3) is 0.364. The van der Waals surface area contributed by atoms with Crippen molar-refractivity contribution >= 4 is 40.2 Å². The van der Waals surface area contributed by atoms with Crippen molar-refractivity contribution in [2.75, 3.05) is 5.88 Å². The molecule has 88 valence electrons. The number of rotatable bonds is 5. The summed E-state index contributed by atoms with van der Waals surface area (Å²) in [7, 11) is 0. The Labute approximate surface area is 113 Å². The molecule has 16 heavy (non-hydrogen) atoms. The molecule has 1 rings (SSSR count). The summed E-state index contributed by atoms with van der Waals surface area (Å²) >= 11 is 7.74. The highest BCUT2D eigenvalue weighted by Gasteiger charge is 2.16. The van der Waals surface area contributed by atoms with Crippen molar-refractivity contribution in [3.05, 3.63) is 32.9 Å². The number of aryl methyl sites for hydroxylation is 1. The molecule has 1 aromatic carbocycles. The highest BCUT2D eigenvalue weighted by Crippen LogP contribution is 2.21. The van der Waals surface area contributed by atoms with Gasteiger partial charge in [-0.05, 0) is 52.6 Å². The summed E-state index contributed by atoms with van der Waals surface area (Å²) in [5, 5.41) is 18.0. The smallest absolute Gasteiger partial charge is 0.337 e. The Bertz CT molecular complexity index is 381. The molecule has 0 heterocycles. The van der Waals surface area contributed by atoms with Crippen molar-refractivity contribution in [3.8, 4) is 0 Å². The molecule has 1 aromatic rings. The van der Waals surface area contributed by atoms with Gasteiger partial charge in [0.15, 0.2) is 6.10 Å². The summed E-state index contributed by atoms with van der Waals surface area (Å²) in [6.07, 6.45) is 0.305. The van der Waals surface area contributed by atoms with Crippen LogP contribution in [0.4, 0.5) is 0 Å².